The van der Waals surface area contributed by atoms with Crippen molar-refractivity contribution in [3.8, 4) is 0 Å². The molecule has 1 rings (SSSR count). The maximum atomic E-state index is 9.46. The Morgan fingerprint density at radius 3 is 2.86 bits per heavy atom. The smallest absolute Gasteiger partial charge is 0.0701 e. The number of aliphatic hydroxyl groups excluding tert-OH is 1. The van der Waals surface area contributed by atoms with Crippen molar-refractivity contribution in [2.24, 2.45) is 0 Å². The lowest BCUT2D eigenvalue weighted by molar-refractivity contribution is 0.119. The van der Waals surface area contributed by atoms with Gasteiger partial charge in [0.1, 0.15) is 0 Å². The van der Waals surface area contributed by atoms with E-state index >= 15 is 0 Å². The Bertz CT molecular complexity index is 277. The summed E-state index contributed by atoms with van der Waals surface area (Å²) >= 11 is 5.14. The zero-order valence-electron chi connectivity index (χ0n) is 8.53. The average Bonchev–Trinajstić information content (AvgIpc) is 2.50. The highest BCUT2D eigenvalue weighted by atomic mass is 79.9. The summed E-state index contributed by atoms with van der Waals surface area (Å²) in [5.74, 6) is 0. The molecule has 4 heteroatoms. The first-order valence-electron chi connectivity index (χ1n) is 4.71. The molecule has 1 aromatic rings. The summed E-state index contributed by atoms with van der Waals surface area (Å²) in [6.07, 6.45) is 0.611. The molecular weight excluding hydrogens is 262 g/mol. The summed E-state index contributed by atoms with van der Waals surface area (Å²) in [4.78, 5) is 2.14. The number of thiophene rings is 1. The van der Waals surface area contributed by atoms with Gasteiger partial charge in [-0.15, -0.1) is 11.3 Å². The summed E-state index contributed by atoms with van der Waals surface area (Å²) in [7, 11) is 2.03. The van der Waals surface area contributed by atoms with Gasteiger partial charge in [-0.1, -0.05) is 6.92 Å². The molecule has 80 valence electrons. The van der Waals surface area contributed by atoms with Crippen LogP contribution in [0.25, 0.3) is 0 Å². The van der Waals surface area contributed by atoms with Crippen LogP contribution in [0.15, 0.2) is 15.2 Å². The van der Waals surface area contributed by atoms with Crippen LogP contribution in [0.4, 0.5) is 0 Å². The lowest BCUT2D eigenvalue weighted by atomic mass is 10.2. The van der Waals surface area contributed by atoms with Gasteiger partial charge in [-0.2, -0.15) is 0 Å². The molecule has 0 saturated carbocycles. The maximum Gasteiger partial charge on any atom is 0.0701 e. The third-order valence-electron chi connectivity index (χ3n) is 2.07. The Labute approximate surface area is 97.7 Å². The largest absolute Gasteiger partial charge is 0.392 e. The van der Waals surface area contributed by atoms with Crippen LogP contribution in [0.1, 0.15) is 18.9 Å². The van der Waals surface area contributed by atoms with E-state index in [0.717, 1.165) is 23.3 Å². The van der Waals surface area contributed by atoms with Crippen LogP contribution in [-0.2, 0) is 6.54 Å². The third-order valence-corrected chi connectivity index (χ3v) is 3.62. The molecule has 0 amide bonds. The second-order valence-electron chi connectivity index (χ2n) is 3.52. The Morgan fingerprint density at radius 1 is 1.64 bits per heavy atom. The van der Waals surface area contributed by atoms with Gasteiger partial charge in [0.25, 0.3) is 0 Å². The Morgan fingerprint density at radius 2 is 2.36 bits per heavy atom. The maximum absolute atomic E-state index is 9.46. The van der Waals surface area contributed by atoms with Crippen molar-refractivity contribution in [3.63, 3.8) is 0 Å². The van der Waals surface area contributed by atoms with Gasteiger partial charge in [-0.3, -0.25) is 4.90 Å². The molecular formula is C10H16BrNOS. The monoisotopic (exact) mass is 277 g/mol. The Balaban J connectivity index is 2.37. The number of hydrogen-bond acceptors (Lipinski definition) is 3. The molecule has 0 aromatic carbocycles. The summed E-state index contributed by atoms with van der Waals surface area (Å²) in [6.45, 7) is 3.64. The number of hydrogen-bond donors (Lipinski definition) is 1. The van der Waals surface area contributed by atoms with Crippen molar-refractivity contribution in [1.29, 1.82) is 0 Å². The highest BCUT2D eigenvalue weighted by Gasteiger charge is 2.07. The van der Waals surface area contributed by atoms with Crippen LogP contribution < -0.4 is 0 Å². The molecule has 1 N–H and O–H groups in total. The van der Waals surface area contributed by atoms with E-state index < -0.39 is 0 Å². The number of halogens is 1. The standard InChI is InChI=1S/C10H16BrNOS/c1-3-9(13)6-12(2)5-8-4-10(11)14-7-8/h4,7,9,13H,3,5-6H2,1-2H3. The Kier molecular flexibility index (Phi) is 5.09. The highest BCUT2D eigenvalue weighted by Crippen LogP contribution is 2.21. The van der Waals surface area contributed by atoms with Crippen LogP contribution in [-0.4, -0.2) is 29.7 Å². The second kappa shape index (κ2) is 5.85. The van der Waals surface area contributed by atoms with Crippen LogP contribution >= 0.6 is 27.3 Å². The van der Waals surface area contributed by atoms with Gasteiger partial charge in [-0.05, 0) is 46.4 Å². The quantitative estimate of drug-likeness (QED) is 0.895. The number of likely N-dealkylation sites (N-methyl/N-ethyl adjacent to an activating group) is 1. The van der Waals surface area contributed by atoms with Gasteiger partial charge < -0.3 is 5.11 Å². The minimum atomic E-state index is -0.206. The molecule has 2 nitrogen and oxygen atoms in total. The molecule has 1 heterocycles. The van der Waals surface area contributed by atoms with Crippen molar-refractivity contribution in [1.82, 2.24) is 4.90 Å². The second-order valence-corrected chi connectivity index (χ2v) is 5.81. The molecule has 14 heavy (non-hydrogen) atoms. The molecule has 0 bridgehead atoms. The van der Waals surface area contributed by atoms with E-state index in [-0.39, 0.29) is 6.10 Å². The first kappa shape index (κ1) is 12.2. The molecule has 0 spiro atoms. The van der Waals surface area contributed by atoms with E-state index in [1.807, 2.05) is 14.0 Å². The molecule has 1 unspecified atom stereocenters. The predicted octanol–water partition coefficient (Wildman–Crippen LogP) is 2.71. The summed E-state index contributed by atoms with van der Waals surface area (Å²) in [5.41, 5.74) is 1.30. The number of nitrogens with zero attached hydrogens (tertiary/aromatic N) is 1. The van der Waals surface area contributed by atoms with Crippen LogP contribution in [0.2, 0.25) is 0 Å². The molecule has 0 radical (unpaired) electrons. The van der Waals surface area contributed by atoms with Gasteiger partial charge in [0.15, 0.2) is 0 Å². The summed E-state index contributed by atoms with van der Waals surface area (Å²) < 4.78 is 1.16. The van der Waals surface area contributed by atoms with E-state index in [4.69, 9.17) is 0 Å². The SMILES string of the molecule is CCC(O)CN(C)Cc1csc(Br)c1. The molecule has 0 aliphatic rings. The minimum Gasteiger partial charge on any atom is -0.392 e. The van der Waals surface area contributed by atoms with Crippen LogP contribution in [0.5, 0.6) is 0 Å². The first-order valence-corrected chi connectivity index (χ1v) is 6.38. The molecule has 1 aromatic heterocycles. The van der Waals surface area contributed by atoms with Gasteiger partial charge >= 0.3 is 0 Å². The summed E-state index contributed by atoms with van der Waals surface area (Å²) in [6, 6.07) is 2.12. The van der Waals surface area contributed by atoms with Gasteiger partial charge in [0.05, 0.1) is 9.89 Å². The normalized spacial score (nSPS) is 13.5. The van der Waals surface area contributed by atoms with Gasteiger partial charge in [0.2, 0.25) is 0 Å². The zero-order chi connectivity index (χ0) is 10.6. The van der Waals surface area contributed by atoms with E-state index in [1.54, 1.807) is 11.3 Å². The van der Waals surface area contributed by atoms with Crippen molar-refractivity contribution in [3.05, 3.63) is 20.8 Å². The molecule has 0 aliphatic heterocycles. The predicted molar refractivity (Wildman–Crippen MR) is 64.7 cm³/mol. The highest BCUT2D eigenvalue weighted by molar-refractivity contribution is 9.11. The molecule has 0 fully saturated rings. The van der Waals surface area contributed by atoms with Crippen LogP contribution in [0, 0.1) is 0 Å². The lowest BCUT2D eigenvalue weighted by Gasteiger charge is -2.18. The fraction of sp³-hybridized carbons (Fsp3) is 0.600. The van der Waals surface area contributed by atoms with Gasteiger partial charge in [0, 0.05) is 13.1 Å². The van der Waals surface area contributed by atoms with Crippen LogP contribution in [0.3, 0.4) is 0 Å². The van der Waals surface area contributed by atoms with E-state index in [1.165, 1.54) is 5.56 Å². The fourth-order valence-electron chi connectivity index (χ4n) is 1.29. The number of aliphatic hydroxyl groups is 1. The average molecular weight is 278 g/mol. The molecule has 0 aliphatic carbocycles. The van der Waals surface area contributed by atoms with Crippen molar-refractivity contribution >= 4 is 27.3 Å². The van der Waals surface area contributed by atoms with Gasteiger partial charge in [-0.25, -0.2) is 0 Å². The zero-order valence-corrected chi connectivity index (χ0v) is 10.9. The third kappa shape index (κ3) is 4.09. The Hall–Kier alpha value is 0.100. The van der Waals surface area contributed by atoms with E-state index in [9.17, 15) is 5.11 Å². The van der Waals surface area contributed by atoms with E-state index in [2.05, 4.69) is 32.3 Å². The lowest BCUT2D eigenvalue weighted by Crippen LogP contribution is -2.28. The van der Waals surface area contributed by atoms with Crippen molar-refractivity contribution in [2.45, 2.75) is 26.0 Å². The molecule has 1 atom stereocenters. The number of rotatable bonds is 5. The van der Waals surface area contributed by atoms with Crippen molar-refractivity contribution < 1.29 is 5.11 Å². The minimum absolute atomic E-state index is 0.206. The first-order chi connectivity index (χ1) is 6.61. The summed E-state index contributed by atoms with van der Waals surface area (Å²) in [5, 5.41) is 11.6. The molecule has 0 saturated heterocycles. The topological polar surface area (TPSA) is 23.5 Å². The van der Waals surface area contributed by atoms with E-state index in [0.29, 0.717) is 0 Å². The van der Waals surface area contributed by atoms with Crippen molar-refractivity contribution in [2.75, 3.05) is 13.6 Å². The fourth-order valence-corrected chi connectivity index (χ4v) is 2.49.